The lowest BCUT2D eigenvalue weighted by Crippen LogP contribution is -2.69. The van der Waals surface area contributed by atoms with Crippen LogP contribution in [0.1, 0.15) is 45.9 Å². The second-order valence-electron chi connectivity index (χ2n) is 11.6. The number of hydrogen-bond donors (Lipinski definition) is 2. The number of hydrogen-bond acceptors (Lipinski definition) is 9. The van der Waals surface area contributed by atoms with Crippen molar-refractivity contribution in [2.75, 3.05) is 46.8 Å². The Hall–Kier alpha value is -3.85. The Labute approximate surface area is 234 Å². The summed E-state index contributed by atoms with van der Waals surface area (Å²) < 4.78 is 2.04. The Morgan fingerprint density at radius 3 is 2.77 bits per heavy atom. The molecule has 4 aliphatic rings. The number of piperidine rings is 1. The molecule has 2 saturated heterocycles. The van der Waals surface area contributed by atoms with E-state index in [-0.39, 0.29) is 23.4 Å². The number of nitrogens with one attached hydrogen (secondary N) is 1. The topological polar surface area (TPSA) is 131 Å². The highest BCUT2D eigenvalue weighted by Gasteiger charge is 2.47. The monoisotopic (exact) mass is 540 g/mol. The molecule has 4 aliphatic heterocycles. The molecule has 1 aromatic heterocycles. The van der Waals surface area contributed by atoms with Gasteiger partial charge in [-0.1, -0.05) is 6.08 Å². The fourth-order valence-corrected chi connectivity index (χ4v) is 6.39. The molecule has 0 aliphatic carbocycles. The lowest BCUT2D eigenvalue weighted by molar-refractivity contribution is -0.0385. The third kappa shape index (κ3) is 4.83. The molecular weight excluding hydrogens is 504 g/mol. The average molecular weight is 541 g/mol. The van der Waals surface area contributed by atoms with E-state index >= 15 is 0 Å². The summed E-state index contributed by atoms with van der Waals surface area (Å²) in [5, 5.41) is 17.4. The van der Waals surface area contributed by atoms with Gasteiger partial charge in [-0.25, -0.2) is 4.99 Å². The molecule has 1 aromatic carbocycles. The first-order valence-corrected chi connectivity index (χ1v) is 13.9. The van der Waals surface area contributed by atoms with Gasteiger partial charge in [-0.05, 0) is 56.9 Å². The summed E-state index contributed by atoms with van der Waals surface area (Å²) in [5.74, 6) is 1.04. The largest absolute Gasteiger partial charge is 0.350 e. The van der Waals surface area contributed by atoms with Crippen molar-refractivity contribution in [3.05, 3.63) is 65.1 Å². The molecule has 2 unspecified atom stereocenters. The van der Waals surface area contributed by atoms with Crippen molar-refractivity contribution in [1.82, 2.24) is 29.8 Å². The lowest BCUT2D eigenvalue weighted by Gasteiger charge is -2.54. The number of fused-ring (bicyclic) bond motifs is 1. The van der Waals surface area contributed by atoms with Gasteiger partial charge in [-0.2, -0.15) is 10.4 Å². The molecule has 208 valence electrons. The highest BCUT2D eigenvalue weighted by atomic mass is 16.2. The van der Waals surface area contributed by atoms with E-state index in [1.54, 1.807) is 12.4 Å². The number of amidine groups is 1. The second-order valence-corrected chi connectivity index (χ2v) is 11.6. The first-order valence-electron chi connectivity index (χ1n) is 13.9. The van der Waals surface area contributed by atoms with Crippen LogP contribution >= 0.6 is 0 Å². The summed E-state index contributed by atoms with van der Waals surface area (Å²) in [4.78, 5) is 28.7. The van der Waals surface area contributed by atoms with Gasteiger partial charge in [-0.15, -0.1) is 0 Å². The number of nitrogens with two attached hydrogens (primary N) is 1. The van der Waals surface area contributed by atoms with Crippen LogP contribution in [0.15, 0.2) is 52.9 Å². The third-order valence-corrected chi connectivity index (χ3v) is 8.56. The number of amides is 1. The van der Waals surface area contributed by atoms with E-state index in [1.165, 1.54) is 0 Å². The molecule has 0 saturated carbocycles. The van der Waals surface area contributed by atoms with E-state index in [1.807, 2.05) is 53.1 Å². The number of nitriles is 1. The number of benzene rings is 1. The van der Waals surface area contributed by atoms with Crippen LogP contribution in [0.5, 0.6) is 0 Å². The van der Waals surface area contributed by atoms with E-state index in [0.29, 0.717) is 43.3 Å². The molecule has 40 heavy (non-hydrogen) atoms. The van der Waals surface area contributed by atoms with Crippen LogP contribution in [0.4, 0.5) is 0 Å². The normalized spacial score (nSPS) is 23.9. The maximum Gasteiger partial charge on any atom is 0.253 e. The van der Waals surface area contributed by atoms with Gasteiger partial charge in [0.25, 0.3) is 5.91 Å². The highest BCUT2D eigenvalue weighted by Crippen LogP contribution is 2.36. The van der Waals surface area contributed by atoms with Crippen molar-refractivity contribution >= 4 is 18.1 Å². The first-order chi connectivity index (χ1) is 19.4. The minimum absolute atomic E-state index is 0.00502. The van der Waals surface area contributed by atoms with Gasteiger partial charge < -0.3 is 20.9 Å². The predicted octanol–water partition coefficient (Wildman–Crippen LogP) is 1.31. The molecule has 5 heterocycles. The first kappa shape index (κ1) is 26.4. The van der Waals surface area contributed by atoms with Crippen molar-refractivity contribution in [2.45, 2.75) is 37.0 Å². The van der Waals surface area contributed by atoms with Crippen LogP contribution in [0.3, 0.4) is 0 Å². The Bertz CT molecular complexity index is 1400. The van der Waals surface area contributed by atoms with E-state index in [9.17, 15) is 10.1 Å². The van der Waals surface area contributed by atoms with Gasteiger partial charge in [0.15, 0.2) is 0 Å². The zero-order chi connectivity index (χ0) is 27.9. The molecule has 1 amide bonds. The van der Waals surface area contributed by atoms with E-state index in [2.05, 4.69) is 38.5 Å². The lowest BCUT2D eigenvalue weighted by atomic mass is 9.86. The summed E-state index contributed by atoms with van der Waals surface area (Å²) in [6.07, 6.45) is 11.5. The Kier molecular flexibility index (Phi) is 7.00. The summed E-state index contributed by atoms with van der Waals surface area (Å²) in [5.41, 5.74) is 9.25. The maximum absolute atomic E-state index is 13.3. The Balaban J connectivity index is 1.07. The minimum Gasteiger partial charge on any atom is -0.350 e. The molecule has 2 atom stereocenters. The molecule has 2 fully saturated rings. The van der Waals surface area contributed by atoms with Gasteiger partial charge in [0.2, 0.25) is 0 Å². The molecule has 3 N–H and O–H groups in total. The second kappa shape index (κ2) is 10.6. The zero-order valence-electron chi connectivity index (χ0n) is 23.1. The average Bonchev–Trinajstić information content (AvgIpc) is 3.63. The molecule has 11 heteroatoms. The van der Waals surface area contributed by atoms with Crippen LogP contribution in [-0.2, 0) is 12.1 Å². The maximum atomic E-state index is 13.3. The number of carbonyl (C=O) groups is 1. The molecule has 2 aromatic rings. The fraction of sp³-hybridized carbons (Fsp3) is 0.483. The van der Waals surface area contributed by atoms with Gasteiger partial charge in [0, 0.05) is 62.6 Å². The molecule has 0 radical (unpaired) electrons. The number of nitrogens with zero attached hydrogens (tertiary/aromatic N) is 8. The summed E-state index contributed by atoms with van der Waals surface area (Å²) in [6.45, 7) is 4.28. The van der Waals surface area contributed by atoms with Gasteiger partial charge >= 0.3 is 0 Å². The summed E-state index contributed by atoms with van der Waals surface area (Å²) in [6, 6.07) is 8.06. The number of carbonyl (C=O) groups excluding carboxylic acids is 1. The van der Waals surface area contributed by atoms with Crippen LogP contribution in [0.2, 0.25) is 0 Å². The molecular formula is C29H36N10O. The highest BCUT2D eigenvalue weighted by molar-refractivity contribution is 5.96. The number of aromatic nitrogens is 2. The van der Waals surface area contributed by atoms with Crippen LogP contribution < -0.4 is 11.1 Å². The zero-order valence-corrected chi connectivity index (χ0v) is 23.1. The fourth-order valence-electron chi connectivity index (χ4n) is 6.39. The third-order valence-electron chi connectivity index (χ3n) is 8.56. The SMILES string of the molecule is CN(C)Cc1cc(C#N)cc(C(=O)N2CCC(N3CC(CN)(n4cc(C5N=CN=C6NC=CC65)cn4)C3)CC2)c1. The summed E-state index contributed by atoms with van der Waals surface area (Å²) >= 11 is 0. The minimum atomic E-state index is -0.231. The standard InChI is InChI=1S/C29H36N10O/c1-36(2)14-21-9-20(12-30)10-22(11-21)28(40)37-7-4-24(5-8-37)38-17-29(16-31,18-38)39-15-23(13-35-39)26-25-3-6-32-27(25)34-19-33-26/h3,6,9-11,13,15,19,24-26H,4-5,7-8,14,16-18,31H2,1-2H3,(H,32,33,34). The number of likely N-dealkylation sites (tertiary alicyclic amines) is 2. The number of aliphatic imine (C=N–C) groups is 2. The van der Waals surface area contributed by atoms with Crippen molar-refractivity contribution < 1.29 is 4.79 Å². The molecule has 0 bridgehead atoms. The summed E-state index contributed by atoms with van der Waals surface area (Å²) in [7, 11) is 3.96. The van der Waals surface area contributed by atoms with Crippen LogP contribution in [0, 0.1) is 17.2 Å². The molecule has 0 spiro atoms. The van der Waals surface area contributed by atoms with Gasteiger partial charge in [-0.3, -0.25) is 19.4 Å². The Morgan fingerprint density at radius 1 is 1.25 bits per heavy atom. The molecule has 11 nitrogen and oxygen atoms in total. The molecule has 6 rings (SSSR count). The van der Waals surface area contributed by atoms with E-state index in [4.69, 9.17) is 10.8 Å². The van der Waals surface area contributed by atoms with Crippen molar-refractivity contribution in [3.8, 4) is 6.07 Å². The quantitative estimate of drug-likeness (QED) is 0.541. The van der Waals surface area contributed by atoms with Crippen molar-refractivity contribution in [1.29, 1.82) is 5.26 Å². The Morgan fingerprint density at radius 2 is 2.05 bits per heavy atom. The van der Waals surface area contributed by atoms with Crippen molar-refractivity contribution in [3.63, 3.8) is 0 Å². The number of rotatable bonds is 7. The van der Waals surface area contributed by atoms with Gasteiger partial charge in [0.05, 0.1) is 29.8 Å². The van der Waals surface area contributed by atoms with Gasteiger partial charge in [0.1, 0.15) is 17.7 Å². The van der Waals surface area contributed by atoms with Crippen molar-refractivity contribution in [2.24, 2.45) is 21.6 Å². The predicted molar refractivity (Wildman–Crippen MR) is 153 cm³/mol. The van der Waals surface area contributed by atoms with Crippen LogP contribution in [-0.4, -0.2) is 95.4 Å². The van der Waals surface area contributed by atoms with E-state index in [0.717, 1.165) is 42.9 Å². The van der Waals surface area contributed by atoms with Crippen LogP contribution in [0.25, 0.3) is 0 Å². The van der Waals surface area contributed by atoms with E-state index < -0.39 is 0 Å². The smallest absolute Gasteiger partial charge is 0.253 e.